The second-order valence-corrected chi connectivity index (χ2v) is 8.02. The van der Waals surface area contributed by atoms with Gasteiger partial charge >= 0.3 is 0 Å². The van der Waals surface area contributed by atoms with E-state index in [0.29, 0.717) is 18.0 Å². The minimum absolute atomic E-state index is 0.0359. The molecule has 0 aliphatic rings. The van der Waals surface area contributed by atoms with Gasteiger partial charge in [0.1, 0.15) is 23.4 Å². The number of carbonyl (C=O) groups excluding carboxylic acids is 1. The molecule has 0 saturated carbocycles. The fourth-order valence-corrected chi connectivity index (χ4v) is 3.48. The van der Waals surface area contributed by atoms with Gasteiger partial charge in [-0.15, -0.1) is 0 Å². The minimum atomic E-state index is -0.410. The SMILES string of the molecule is CCC(C(=O)NC(C)(C)C)n1c(-c2ccccc2OC)nc2cc(OC)ccc21. The van der Waals surface area contributed by atoms with E-state index in [1.165, 1.54) is 0 Å². The number of methoxy groups -OCH3 is 2. The van der Waals surface area contributed by atoms with Crippen LogP contribution in [0.4, 0.5) is 0 Å². The third kappa shape index (κ3) is 4.21. The topological polar surface area (TPSA) is 65.4 Å². The van der Waals surface area contributed by atoms with Crippen LogP contribution in [0.25, 0.3) is 22.4 Å². The van der Waals surface area contributed by atoms with Crippen LogP contribution in [0.3, 0.4) is 0 Å². The zero-order valence-electron chi connectivity index (χ0n) is 17.9. The summed E-state index contributed by atoms with van der Waals surface area (Å²) in [6.45, 7) is 7.95. The van der Waals surface area contributed by atoms with Gasteiger partial charge in [0, 0.05) is 11.6 Å². The van der Waals surface area contributed by atoms with E-state index in [1.807, 2.05) is 74.7 Å². The molecule has 3 aromatic rings. The fraction of sp³-hybridized carbons (Fsp3) is 0.391. The van der Waals surface area contributed by atoms with Crippen molar-refractivity contribution in [2.75, 3.05) is 14.2 Å². The van der Waals surface area contributed by atoms with E-state index < -0.39 is 6.04 Å². The molecule has 1 amide bonds. The number of benzene rings is 2. The van der Waals surface area contributed by atoms with Crippen molar-refractivity contribution in [3.63, 3.8) is 0 Å². The Bertz CT molecular complexity index is 1020. The number of para-hydroxylation sites is 1. The summed E-state index contributed by atoms with van der Waals surface area (Å²) in [6.07, 6.45) is 0.627. The van der Waals surface area contributed by atoms with Gasteiger partial charge in [-0.05, 0) is 51.5 Å². The lowest BCUT2D eigenvalue weighted by Crippen LogP contribution is -2.44. The molecule has 3 rings (SSSR count). The molecule has 0 radical (unpaired) electrons. The van der Waals surface area contributed by atoms with Crippen molar-refractivity contribution in [3.05, 3.63) is 42.5 Å². The van der Waals surface area contributed by atoms with Crippen molar-refractivity contribution >= 4 is 16.9 Å². The maximum absolute atomic E-state index is 13.2. The summed E-state index contributed by atoms with van der Waals surface area (Å²) >= 11 is 0. The number of nitrogens with zero attached hydrogens (tertiary/aromatic N) is 2. The Labute approximate surface area is 171 Å². The number of nitrogens with one attached hydrogen (secondary N) is 1. The van der Waals surface area contributed by atoms with Crippen molar-refractivity contribution in [2.45, 2.75) is 45.7 Å². The molecule has 1 unspecified atom stereocenters. The molecule has 2 aromatic carbocycles. The van der Waals surface area contributed by atoms with Gasteiger partial charge in [-0.2, -0.15) is 0 Å². The van der Waals surface area contributed by atoms with Crippen molar-refractivity contribution in [3.8, 4) is 22.9 Å². The average molecular weight is 396 g/mol. The smallest absolute Gasteiger partial charge is 0.243 e. The van der Waals surface area contributed by atoms with Gasteiger partial charge in [-0.3, -0.25) is 4.79 Å². The largest absolute Gasteiger partial charge is 0.497 e. The Morgan fingerprint density at radius 1 is 1.14 bits per heavy atom. The van der Waals surface area contributed by atoms with E-state index >= 15 is 0 Å². The number of amides is 1. The van der Waals surface area contributed by atoms with Gasteiger partial charge in [0.25, 0.3) is 0 Å². The van der Waals surface area contributed by atoms with E-state index in [4.69, 9.17) is 14.5 Å². The second kappa shape index (κ2) is 8.15. The molecule has 0 fully saturated rings. The van der Waals surface area contributed by atoms with Crippen LogP contribution in [0.15, 0.2) is 42.5 Å². The molecule has 0 spiro atoms. The third-order valence-corrected chi connectivity index (χ3v) is 4.74. The average Bonchev–Trinajstić information content (AvgIpc) is 3.05. The summed E-state index contributed by atoms with van der Waals surface area (Å²) in [5.74, 6) is 2.09. The highest BCUT2D eigenvalue weighted by atomic mass is 16.5. The molecule has 1 heterocycles. The number of aromatic nitrogens is 2. The normalized spacial score (nSPS) is 12.6. The quantitative estimate of drug-likeness (QED) is 0.663. The first-order valence-corrected chi connectivity index (χ1v) is 9.80. The third-order valence-electron chi connectivity index (χ3n) is 4.74. The highest BCUT2D eigenvalue weighted by Gasteiger charge is 2.28. The first-order chi connectivity index (χ1) is 13.8. The second-order valence-electron chi connectivity index (χ2n) is 8.02. The van der Waals surface area contributed by atoms with Gasteiger partial charge in [0.05, 0.1) is 30.8 Å². The van der Waals surface area contributed by atoms with E-state index in [0.717, 1.165) is 22.3 Å². The molecule has 154 valence electrons. The van der Waals surface area contributed by atoms with Crippen LogP contribution in [0.5, 0.6) is 11.5 Å². The maximum atomic E-state index is 13.2. The highest BCUT2D eigenvalue weighted by Crippen LogP contribution is 2.36. The summed E-state index contributed by atoms with van der Waals surface area (Å²) in [5, 5.41) is 3.11. The van der Waals surface area contributed by atoms with Crippen molar-refractivity contribution in [2.24, 2.45) is 0 Å². The van der Waals surface area contributed by atoms with Crippen LogP contribution in [0.1, 0.15) is 40.2 Å². The Morgan fingerprint density at radius 2 is 1.86 bits per heavy atom. The molecule has 0 aliphatic heterocycles. The standard InChI is InChI=1S/C23H29N3O3/c1-7-18(22(27)25-23(2,3)4)26-19-13-12-15(28-5)14-17(19)24-21(26)16-10-8-9-11-20(16)29-6/h8-14,18H,7H2,1-6H3,(H,25,27). The van der Waals surface area contributed by atoms with Crippen LogP contribution < -0.4 is 14.8 Å². The number of rotatable bonds is 6. The Balaban J connectivity index is 2.26. The molecule has 1 N–H and O–H groups in total. The van der Waals surface area contributed by atoms with Gasteiger partial charge in [0.2, 0.25) is 5.91 Å². The predicted molar refractivity (Wildman–Crippen MR) is 115 cm³/mol. The molecule has 0 saturated heterocycles. The van der Waals surface area contributed by atoms with E-state index in [9.17, 15) is 4.79 Å². The van der Waals surface area contributed by atoms with Crippen molar-refractivity contribution in [1.29, 1.82) is 0 Å². The molecule has 1 atom stereocenters. The lowest BCUT2D eigenvalue weighted by atomic mass is 10.1. The van der Waals surface area contributed by atoms with Crippen LogP contribution in [0, 0.1) is 0 Å². The van der Waals surface area contributed by atoms with Gasteiger partial charge in [-0.1, -0.05) is 19.1 Å². The summed E-state index contributed by atoms with van der Waals surface area (Å²) in [5.41, 5.74) is 2.16. The number of hydrogen-bond donors (Lipinski definition) is 1. The first kappa shape index (κ1) is 20.7. The number of imidazole rings is 1. The van der Waals surface area contributed by atoms with Gasteiger partial charge < -0.3 is 19.4 Å². The lowest BCUT2D eigenvalue weighted by molar-refractivity contribution is -0.125. The predicted octanol–water partition coefficient (Wildman–Crippen LogP) is 4.59. The van der Waals surface area contributed by atoms with E-state index in [1.54, 1.807) is 14.2 Å². The molecule has 1 aromatic heterocycles. The van der Waals surface area contributed by atoms with Gasteiger partial charge in [0.15, 0.2) is 0 Å². The molecule has 29 heavy (non-hydrogen) atoms. The summed E-state index contributed by atoms with van der Waals surface area (Å²) in [6, 6.07) is 13.0. The number of fused-ring (bicyclic) bond motifs is 1. The van der Waals surface area contributed by atoms with Gasteiger partial charge in [-0.25, -0.2) is 4.98 Å². The van der Waals surface area contributed by atoms with Crippen LogP contribution in [-0.2, 0) is 4.79 Å². The summed E-state index contributed by atoms with van der Waals surface area (Å²) < 4.78 is 12.9. The first-order valence-electron chi connectivity index (χ1n) is 9.80. The summed E-state index contributed by atoms with van der Waals surface area (Å²) in [4.78, 5) is 18.0. The molecule has 0 aliphatic carbocycles. The van der Waals surface area contributed by atoms with E-state index in [2.05, 4.69) is 5.32 Å². The Kier molecular flexibility index (Phi) is 5.82. The zero-order valence-corrected chi connectivity index (χ0v) is 17.9. The Morgan fingerprint density at radius 3 is 2.48 bits per heavy atom. The van der Waals surface area contributed by atoms with Crippen molar-refractivity contribution in [1.82, 2.24) is 14.9 Å². The van der Waals surface area contributed by atoms with Crippen molar-refractivity contribution < 1.29 is 14.3 Å². The number of carbonyl (C=O) groups is 1. The summed E-state index contributed by atoms with van der Waals surface area (Å²) in [7, 11) is 3.27. The number of hydrogen-bond acceptors (Lipinski definition) is 4. The fourth-order valence-electron chi connectivity index (χ4n) is 3.48. The zero-order chi connectivity index (χ0) is 21.2. The van der Waals surface area contributed by atoms with Crippen LogP contribution in [0.2, 0.25) is 0 Å². The molecular formula is C23H29N3O3. The van der Waals surface area contributed by atoms with Crippen LogP contribution in [-0.4, -0.2) is 35.2 Å². The highest BCUT2D eigenvalue weighted by molar-refractivity contribution is 5.88. The Hall–Kier alpha value is -3.02. The molecular weight excluding hydrogens is 366 g/mol. The molecule has 0 bridgehead atoms. The molecule has 6 heteroatoms. The van der Waals surface area contributed by atoms with Crippen LogP contribution >= 0.6 is 0 Å². The van der Waals surface area contributed by atoms with E-state index in [-0.39, 0.29) is 11.4 Å². The lowest BCUT2D eigenvalue weighted by Gasteiger charge is -2.26. The maximum Gasteiger partial charge on any atom is 0.243 e. The number of ether oxygens (including phenoxy) is 2. The minimum Gasteiger partial charge on any atom is -0.497 e. The molecule has 6 nitrogen and oxygen atoms in total. The monoisotopic (exact) mass is 395 g/mol.